The van der Waals surface area contributed by atoms with Gasteiger partial charge in [0.1, 0.15) is 6.26 Å². The second kappa shape index (κ2) is 5.62. The Balaban J connectivity index is 0.000000902. The number of carboxylic acids is 1. The molecule has 2 N–H and O–H groups in total. The van der Waals surface area contributed by atoms with Crippen LogP contribution in [0.25, 0.3) is 0 Å². The van der Waals surface area contributed by atoms with Crippen molar-refractivity contribution in [3.63, 3.8) is 0 Å². The minimum atomic E-state index is -1.05. The first kappa shape index (κ1) is 15.5. The second-order valence-corrected chi connectivity index (χ2v) is 4.29. The van der Waals surface area contributed by atoms with Crippen LogP contribution < -0.4 is 18.9 Å². The third kappa shape index (κ3) is 2.59. The summed E-state index contributed by atoms with van der Waals surface area (Å²) in [5.41, 5.74) is 0.913. The van der Waals surface area contributed by atoms with Gasteiger partial charge >= 0.3 is 24.8 Å². The van der Waals surface area contributed by atoms with E-state index in [0.717, 1.165) is 18.4 Å². The molecule has 1 aromatic carbocycles. The van der Waals surface area contributed by atoms with Crippen molar-refractivity contribution in [2.75, 3.05) is 0 Å². The predicted octanol–water partition coefficient (Wildman–Crippen LogP) is -0.720. The molecule has 0 bridgehead atoms. The van der Waals surface area contributed by atoms with Crippen molar-refractivity contribution in [2.45, 2.75) is 18.3 Å². The fourth-order valence-corrected chi connectivity index (χ4v) is 2.10. The van der Waals surface area contributed by atoms with Gasteiger partial charge in [0.25, 0.3) is 0 Å². The van der Waals surface area contributed by atoms with Gasteiger partial charge in [-0.2, -0.15) is 0 Å². The van der Waals surface area contributed by atoms with Gasteiger partial charge in [0, 0.05) is 0 Å². The van der Waals surface area contributed by atoms with Gasteiger partial charge in [-0.1, -0.05) is 30.3 Å². The number of carboxylic acid groups (broad SMARTS) is 1. The van der Waals surface area contributed by atoms with Crippen molar-refractivity contribution in [1.29, 1.82) is 0 Å². The van der Waals surface area contributed by atoms with E-state index >= 15 is 0 Å². The van der Waals surface area contributed by atoms with E-state index in [1.165, 1.54) is 6.26 Å². The molecule has 0 saturated heterocycles. The summed E-state index contributed by atoms with van der Waals surface area (Å²) < 4.78 is 5.32. The molecule has 1 saturated carbocycles. The van der Waals surface area contributed by atoms with Crippen molar-refractivity contribution in [2.24, 2.45) is 0 Å². The summed E-state index contributed by atoms with van der Waals surface area (Å²) >= 11 is 0. The van der Waals surface area contributed by atoms with E-state index in [2.05, 4.69) is 4.98 Å². The van der Waals surface area contributed by atoms with E-state index in [4.69, 9.17) is 9.52 Å². The molecule has 3 rings (SSSR count). The monoisotopic (exact) mass is 253 g/mol. The molecule has 0 unspecified atom stereocenters. The first-order valence-electron chi connectivity index (χ1n) is 5.47. The fourth-order valence-electron chi connectivity index (χ4n) is 2.10. The summed E-state index contributed by atoms with van der Waals surface area (Å²) in [6.45, 7) is 0. The number of hydrogen-bond acceptors (Lipinski definition) is 4. The van der Waals surface area contributed by atoms with Gasteiger partial charge in [0.2, 0.25) is 5.89 Å². The van der Waals surface area contributed by atoms with Crippen LogP contribution in [0.5, 0.6) is 0 Å². The van der Waals surface area contributed by atoms with Crippen LogP contribution in [0.15, 0.2) is 41.0 Å². The topological polar surface area (TPSA) is 93.3 Å². The average molecular weight is 253 g/mol. The van der Waals surface area contributed by atoms with E-state index in [9.17, 15) is 4.79 Å². The third-order valence-corrected chi connectivity index (χ3v) is 3.21. The Hall–Kier alpha value is -1.54. The fraction of sp³-hybridized carbons (Fsp3) is 0.231. The molecular weight excluding hydrogens is 241 g/mol. The number of rotatable bonds is 3. The van der Waals surface area contributed by atoms with Gasteiger partial charge in [-0.05, 0) is 18.4 Å². The van der Waals surface area contributed by atoms with Crippen LogP contribution in [0.2, 0.25) is 0 Å². The molecule has 1 aliphatic carbocycles. The summed E-state index contributed by atoms with van der Waals surface area (Å²) in [4.78, 5) is 14.8. The summed E-state index contributed by atoms with van der Waals surface area (Å²) in [6.07, 6.45) is 3.12. The standard InChI is InChI=1S/C13H11NO3.Li.H2O/c15-11(16)10-8-17-12(14-10)13(6-7-13)9-4-2-1-3-5-9;;/h1-5,8H,6-7H2,(H,15,16);;1H2/q;+1;/p-1. The van der Waals surface area contributed by atoms with Crippen LogP contribution in [0.4, 0.5) is 0 Å². The average Bonchev–Trinajstić information content (AvgIpc) is 3.00. The largest absolute Gasteiger partial charge is 1.00 e. The van der Waals surface area contributed by atoms with Crippen molar-refractivity contribution in [3.05, 3.63) is 53.7 Å². The molecule has 1 aromatic heterocycles. The van der Waals surface area contributed by atoms with Crippen LogP contribution >= 0.6 is 0 Å². The molecule has 0 aliphatic heterocycles. The van der Waals surface area contributed by atoms with Crippen LogP contribution in [-0.4, -0.2) is 21.5 Å². The maximum Gasteiger partial charge on any atom is 1.00 e. The maximum atomic E-state index is 10.8. The number of carbonyl (C=O) groups is 1. The Morgan fingerprint density at radius 2 is 1.89 bits per heavy atom. The Labute approximate surface area is 122 Å². The van der Waals surface area contributed by atoms with Gasteiger partial charge in [-0.25, -0.2) is 9.78 Å². The molecule has 1 heterocycles. The van der Waals surface area contributed by atoms with Gasteiger partial charge < -0.3 is 15.0 Å². The molecule has 6 heteroatoms. The van der Waals surface area contributed by atoms with Gasteiger partial charge in [0.05, 0.1) is 5.41 Å². The Kier molecular flexibility index (Phi) is 4.59. The van der Waals surface area contributed by atoms with E-state index in [1.54, 1.807) is 0 Å². The molecule has 19 heavy (non-hydrogen) atoms. The maximum absolute atomic E-state index is 10.8. The molecule has 94 valence electrons. The quantitative estimate of drug-likeness (QED) is 0.728. The summed E-state index contributed by atoms with van der Waals surface area (Å²) in [5.74, 6) is -0.537. The molecule has 2 aromatic rings. The zero-order valence-electron chi connectivity index (χ0n) is 10.5. The molecule has 0 atom stereocenters. The zero-order valence-corrected chi connectivity index (χ0v) is 10.5. The first-order valence-corrected chi connectivity index (χ1v) is 5.47. The molecular formula is C13H12LiNO4. The van der Waals surface area contributed by atoms with E-state index in [1.807, 2.05) is 30.3 Å². The van der Waals surface area contributed by atoms with Gasteiger partial charge in [0.15, 0.2) is 5.69 Å². The number of nitrogens with zero attached hydrogens (tertiary/aromatic N) is 1. The number of hydrogen-bond donors (Lipinski definition) is 1. The smallest absolute Gasteiger partial charge is 0.870 e. The molecule has 5 nitrogen and oxygen atoms in total. The Morgan fingerprint density at radius 1 is 1.26 bits per heavy atom. The van der Waals surface area contributed by atoms with Crippen LogP contribution in [0, 0.1) is 0 Å². The molecule has 1 fully saturated rings. The molecule has 0 spiro atoms. The minimum Gasteiger partial charge on any atom is -0.870 e. The van der Waals surface area contributed by atoms with Crippen molar-refractivity contribution < 1.29 is 38.7 Å². The van der Waals surface area contributed by atoms with Crippen LogP contribution in [0.3, 0.4) is 0 Å². The van der Waals surface area contributed by atoms with Gasteiger partial charge in [-0.3, -0.25) is 0 Å². The number of benzene rings is 1. The summed E-state index contributed by atoms with van der Waals surface area (Å²) in [5, 5.41) is 8.83. The second-order valence-electron chi connectivity index (χ2n) is 4.29. The Morgan fingerprint density at radius 3 is 2.37 bits per heavy atom. The normalized spacial score (nSPS) is 14.9. The minimum absolute atomic E-state index is 0. The Bertz CT molecular complexity index is 563. The van der Waals surface area contributed by atoms with Crippen molar-refractivity contribution in [1.82, 2.24) is 4.98 Å². The van der Waals surface area contributed by atoms with E-state index < -0.39 is 5.97 Å². The van der Waals surface area contributed by atoms with Crippen molar-refractivity contribution in [3.8, 4) is 0 Å². The molecule has 0 radical (unpaired) electrons. The summed E-state index contributed by atoms with van der Waals surface area (Å²) in [6, 6.07) is 9.94. The first-order chi connectivity index (χ1) is 8.22. The van der Waals surface area contributed by atoms with Crippen molar-refractivity contribution >= 4 is 5.97 Å². The molecule has 0 amide bonds. The van der Waals surface area contributed by atoms with E-state index in [0.29, 0.717) is 5.89 Å². The van der Waals surface area contributed by atoms with E-state index in [-0.39, 0.29) is 35.4 Å². The number of aromatic nitrogens is 1. The summed E-state index contributed by atoms with van der Waals surface area (Å²) in [7, 11) is 0. The number of aromatic carboxylic acids is 1. The predicted molar refractivity (Wildman–Crippen MR) is 61.9 cm³/mol. The third-order valence-electron chi connectivity index (χ3n) is 3.21. The zero-order chi connectivity index (χ0) is 11.9. The molecule has 1 aliphatic rings. The SMILES string of the molecule is O=C(O)c1coc(C2(c3ccccc3)CC2)n1.[Li+].[OH-]. The van der Waals surface area contributed by atoms with Crippen LogP contribution in [0.1, 0.15) is 34.8 Å². The van der Waals surface area contributed by atoms with Gasteiger partial charge in [-0.15, -0.1) is 0 Å². The number of oxazole rings is 1. The van der Waals surface area contributed by atoms with Crippen LogP contribution in [-0.2, 0) is 5.41 Å².